The first-order valence-corrected chi connectivity index (χ1v) is 31.5. The zero-order valence-corrected chi connectivity index (χ0v) is 55.5. The van der Waals surface area contributed by atoms with Gasteiger partial charge in [0.2, 0.25) is 35.4 Å². The lowest BCUT2D eigenvalue weighted by Crippen LogP contribution is -2.61. The molecule has 484 valence electrons. The molecule has 2 saturated heterocycles. The molecule has 2 aliphatic rings. The molecule has 20 heteroatoms. The first kappa shape index (κ1) is 71.5. The summed E-state index contributed by atoms with van der Waals surface area (Å²) in [5.74, 6) is -8.54. The van der Waals surface area contributed by atoms with Gasteiger partial charge in [-0.3, -0.25) is 38.4 Å². The van der Waals surface area contributed by atoms with E-state index in [1.807, 2.05) is 101 Å². The number of fused-ring (bicyclic) bond motifs is 1. The third kappa shape index (κ3) is 17.6. The van der Waals surface area contributed by atoms with E-state index in [1.54, 1.807) is 59.9 Å². The van der Waals surface area contributed by atoms with Crippen molar-refractivity contribution in [3.63, 3.8) is 0 Å². The van der Waals surface area contributed by atoms with Gasteiger partial charge in [0, 0.05) is 86.1 Å². The van der Waals surface area contributed by atoms with Crippen molar-refractivity contribution in [2.75, 3.05) is 53.7 Å². The number of carbonyl (C=O) groups is 9. The van der Waals surface area contributed by atoms with Gasteiger partial charge in [-0.25, -0.2) is 9.78 Å². The van der Waals surface area contributed by atoms with Gasteiger partial charge in [-0.2, -0.15) is 0 Å². The van der Waals surface area contributed by atoms with Crippen LogP contribution in [0.3, 0.4) is 0 Å². The van der Waals surface area contributed by atoms with E-state index in [4.69, 9.17) is 4.74 Å². The molecule has 2 aromatic carbocycles. The maximum absolute atomic E-state index is 15.7. The number of hydrogen-bond acceptors (Lipinski definition) is 13. The second-order valence-corrected chi connectivity index (χ2v) is 26.5. The number of rotatable bonds is 15. The zero-order chi connectivity index (χ0) is 65.8. The SMILES string of the molecule is CC[C@H](C)[C@@H]1NC(=O)[C@@H]2CCCN2C(=O)[C@H](Cc2cccc(-c3ccnc(N(C)C)c3)c2)N(C)C(=O)[C@H](Cc2ccccc2)NC(=O)[C@H](C(C)C)N(C)C(=O)[C@@H]([C@@H](C)CC)OC(=O)[C@H](C(C)(C)O)N(C)C(=O)[C@H](CC(C)C)CC(=O)[C@H](C(C)C)N(C)C1=O. The number of esters is 1. The summed E-state index contributed by atoms with van der Waals surface area (Å²) in [5, 5.41) is 17.8. The Morgan fingerprint density at radius 1 is 0.659 bits per heavy atom. The molecule has 3 aromatic rings. The van der Waals surface area contributed by atoms with Crippen LogP contribution in [0, 0.1) is 35.5 Å². The molecule has 0 bridgehead atoms. The van der Waals surface area contributed by atoms with Crippen molar-refractivity contribution < 1.29 is 53.0 Å². The van der Waals surface area contributed by atoms with Crippen molar-refractivity contribution in [3.8, 4) is 11.1 Å². The summed E-state index contributed by atoms with van der Waals surface area (Å²) in [6.07, 6.45) is 1.44. The Morgan fingerprint density at radius 3 is 1.84 bits per heavy atom. The number of pyridine rings is 1. The van der Waals surface area contributed by atoms with Crippen LogP contribution in [0.4, 0.5) is 5.82 Å². The minimum absolute atomic E-state index is 0.0178. The Bertz CT molecular complexity index is 2930. The molecule has 0 radical (unpaired) electrons. The van der Waals surface area contributed by atoms with Crippen molar-refractivity contribution in [1.29, 1.82) is 0 Å². The maximum atomic E-state index is 15.7. The third-order valence-corrected chi connectivity index (χ3v) is 17.7. The van der Waals surface area contributed by atoms with E-state index in [-0.39, 0.29) is 44.6 Å². The summed E-state index contributed by atoms with van der Waals surface area (Å²) in [4.78, 5) is 149. The lowest BCUT2D eigenvalue weighted by Gasteiger charge is -2.39. The van der Waals surface area contributed by atoms with Crippen molar-refractivity contribution >= 4 is 58.9 Å². The number of amides is 7. The molecular weight excluding hydrogens is 1120 g/mol. The van der Waals surface area contributed by atoms with Crippen LogP contribution in [0.25, 0.3) is 11.1 Å². The average molecular weight is 1220 g/mol. The van der Waals surface area contributed by atoms with Crippen LogP contribution < -0.4 is 15.5 Å². The van der Waals surface area contributed by atoms with Gasteiger partial charge >= 0.3 is 5.97 Å². The van der Waals surface area contributed by atoms with Crippen LogP contribution in [-0.4, -0.2) is 191 Å². The third-order valence-electron chi connectivity index (χ3n) is 17.7. The number of carbonyl (C=O) groups excluding carboxylic acids is 9. The van der Waals surface area contributed by atoms with E-state index in [9.17, 15) is 19.5 Å². The molecule has 5 rings (SSSR count). The Kier molecular flexibility index (Phi) is 25.4. The normalized spacial score (nSPS) is 25.0. The number of benzene rings is 2. The Hall–Kier alpha value is -7.22. The Balaban J connectivity index is 1.74. The molecule has 0 unspecified atom stereocenters. The van der Waals surface area contributed by atoms with Gasteiger partial charge in [-0.1, -0.05) is 130 Å². The summed E-state index contributed by atoms with van der Waals surface area (Å²) in [6, 6.07) is 11.7. The first-order valence-electron chi connectivity index (χ1n) is 31.5. The zero-order valence-electron chi connectivity index (χ0n) is 55.5. The van der Waals surface area contributed by atoms with Gasteiger partial charge in [-0.15, -0.1) is 0 Å². The van der Waals surface area contributed by atoms with Gasteiger partial charge in [0.1, 0.15) is 36.0 Å². The summed E-state index contributed by atoms with van der Waals surface area (Å²) in [5.41, 5.74) is 1.10. The van der Waals surface area contributed by atoms with Crippen LogP contribution in [0.1, 0.15) is 133 Å². The number of Topliss-reactive ketones (excluding diaryl/α,β-unsaturated/α-hetero) is 1. The smallest absolute Gasteiger partial charge is 0.332 e. The van der Waals surface area contributed by atoms with Gasteiger partial charge in [0.25, 0.3) is 5.91 Å². The number of aliphatic hydroxyl groups is 1. The predicted molar refractivity (Wildman–Crippen MR) is 340 cm³/mol. The quantitative estimate of drug-likeness (QED) is 0.136. The van der Waals surface area contributed by atoms with E-state index < -0.39 is 137 Å². The van der Waals surface area contributed by atoms with Gasteiger partial charge in [0.15, 0.2) is 17.9 Å². The van der Waals surface area contributed by atoms with Crippen LogP contribution in [-0.2, 0) is 60.7 Å². The van der Waals surface area contributed by atoms with Gasteiger partial charge in [-0.05, 0) is 97.6 Å². The summed E-state index contributed by atoms with van der Waals surface area (Å²) in [7, 11) is 9.56. The number of likely N-dealkylation sites (N-methyl/N-ethyl adjacent to an activating group) is 4. The van der Waals surface area contributed by atoms with Crippen molar-refractivity contribution in [3.05, 3.63) is 84.1 Å². The number of nitrogens with one attached hydrogen (secondary N) is 2. The van der Waals surface area contributed by atoms with E-state index >= 15 is 28.8 Å². The fourth-order valence-corrected chi connectivity index (χ4v) is 12.5. The molecule has 88 heavy (non-hydrogen) atoms. The average Bonchev–Trinajstić information content (AvgIpc) is 4.24. The minimum Gasteiger partial charge on any atom is -0.450 e. The molecule has 3 heterocycles. The Labute approximate surface area is 522 Å². The number of aromatic nitrogens is 1. The van der Waals surface area contributed by atoms with Crippen LogP contribution in [0.5, 0.6) is 0 Å². The van der Waals surface area contributed by atoms with Crippen molar-refractivity contribution in [1.82, 2.24) is 40.1 Å². The van der Waals surface area contributed by atoms with E-state index in [1.165, 1.54) is 61.6 Å². The summed E-state index contributed by atoms with van der Waals surface area (Å²) in [6.45, 7) is 20.9. The summed E-state index contributed by atoms with van der Waals surface area (Å²) >= 11 is 0. The molecule has 11 atom stereocenters. The van der Waals surface area contributed by atoms with E-state index in [2.05, 4.69) is 15.6 Å². The fourth-order valence-electron chi connectivity index (χ4n) is 12.5. The lowest BCUT2D eigenvalue weighted by molar-refractivity contribution is -0.178. The van der Waals surface area contributed by atoms with Gasteiger partial charge in [0.05, 0.1) is 11.6 Å². The molecule has 0 spiro atoms. The molecule has 20 nitrogen and oxygen atoms in total. The fraction of sp³-hybridized carbons (Fsp3) is 0.618. The second kappa shape index (κ2) is 31.3. The van der Waals surface area contributed by atoms with Crippen LogP contribution in [0.15, 0.2) is 72.9 Å². The van der Waals surface area contributed by atoms with Crippen LogP contribution >= 0.6 is 0 Å². The number of anilines is 1. The molecule has 0 saturated carbocycles. The molecule has 2 fully saturated rings. The molecule has 1 aromatic heterocycles. The maximum Gasteiger partial charge on any atom is 0.332 e. The first-order chi connectivity index (χ1) is 41.2. The number of nitrogens with zero attached hydrogens (tertiary/aromatic N) is 7. The Morgan fingerprint density at radius 2 is 1.26 bits per heavy atom. The molecule has 0 aliphatic carbocycles. The molecule has 2 aliphatic heterocycles. The second-order valence-electron chi connectivity index (χ2n) is 26.5. The number of ketones is 1. The molecule has 7 amide bonds. The predicted octanol–water partition coefficient (Wildman–Crippen LogP) is 6.59. The standard InChI is InChI=1S/C68H101N9O11/c1-19-43(9)55-65(84)74(16)56(41(5)6)53(78)38-49(34-40(3)4)62(81)76(18)59(68(11,12)87)67(86)88-58(44(10)20-2)66(85)75(17)57(42(7)8)61(80)70-50(36-45-26-22-21-23-27-45)63(82)73(15)52(64(83)77-33-25-30-51(77)60(79)71-55)37-46-28-24-29-47(35-46)48-31-32-69-54(39-48)72(13)14/h21-24,26-29,31-32,35,39-44,49-52,55-59,87H,19-20,25,30,33-34,36-38H2,1-18H3,(H,70,80)(H,71,79)/t43-,44-,49+,50-,51-,52-,55-,56-,57-,58+,59+/m0/s1. The minimum atomic E-state index is -1.96. The van der Waals surface area contributed by atoms with Crippen molar-refractivity contribution in [2.24, 2.45) is 35.5 Å². The van der Waals surface area contributed by atoms with Crippen molar-refractivity contribution in [2.45, 2.75) is 188 Å². The highest BCUT2D eigenvalue weighted by Gasteiger charge is 2.48. The highest BCUT2D eigenvalue weighted by atomic mass is 16.6. The summed E-state index contributed by atoms with van der Waals surface area (Å²) < 4.78 is 6.16. The highest BCUT2D eigenvalue weighted by Crippen LogP contribution is 2.31. The monoisotopic (exact) mass is 1220 g/mol. The molecule has 3 N–H and O–H groups in total. The van der Waals surface area contributed by atoms with Gasteiger partial charge < -0.3 is 49.9 Å². The highest BCUT2D eigenvalue weighted by molar-refractivity contribution is 5.99. The van der Waals surface area contributed by atoms with Crippen LogP contribution in [0.2, 0.25) is 0 Å². The largest absolute Gasteiger partial charge is 0.450 e. The van der Waals surface area contributed by atoms with E-state index in [0.717, 1.165) is 21.8 Å². The number of hydrogen-bond donors (Lipinski definition) is 3. The number of cyclic esters (lactones) is 1. The number of ether oxygens (including phenoxy) is 1. The van der Waals surface area contributed by atoms with E-state index in [0.29, 0.717) is 30.4 Å². The lowest BCUT2D eigenvalue weighted by atomic mass is 9.85. The topological polar surface area (TPSA) is 239 Å². The molecular formula is C68H101N9O11.